The number of nitrogens with one attached hydrogen (secondary N) is 1. The van der Waals surface area contributed by atoms with Crippen LogP contribution >= 0.6 is 0 Å². The molecule has 0 spiro atoms. The Bertz CT molecular complexity index is 244. The van der Waals surface area contributed by atoms with Crippen LogP contribution in [0.1, 0.15) is 54.4 Å². The lowest BCUT2D eigenvalue weighted by Crippen LogP contribution is -2.48. The number of likely N-dealkylation sites (tertiary alicyclic amines) is 1. The van der Waals surface area contributed by atoms with Gasteiger partial charge >= 0.3 is 0 Å². The third-order valence-electron chi connectivity index (χ3n) is 5.05. The van der Waals surface area contributed by atoms with E-state index in [-0.39, 0.29) is 0 Å². The molecule has 2 nitrogen and oxygen atoms in total. The minimum atomic E-state index is 0.351. The first-order valence-electron chi connectivity index (χ1n) is 7.56. The second-order valence-electron chi connectivity index (χ2n) is 7.92. The molecule has 0 aliphatic carbocycles. The molecular formula is C16H34N2. The fraction of sp³-hybridized carbons (Fsp3) is 1.00. The van der Waals surface area contributed by atoms with Crippen LogP contribution in [-0.4, -0.2) is 37.6 Å². The molecule has 0 aromatic heterocycles. The van der Waals surface area contributed by atoms with E-state index in [1.54, 1.807) is 0 Å². The summed E-state index contributed by atoms with van der Waals surface area (Å²) in [6.07, 6.45) is 2.74. The zero-order valence-corrected chi connectivity index (χ0v) is 13.6. The fourth-order valence-electron chi connectivity index (χ4n) is 3.06. The van der Waals surface area contributed by atoms with E-state index in [1.165, 1.54) is 32.5 Å². The number of rotatable bonds is 4. The molecule has 1 fully saturated rings. The van der Waals surface area contributed by atoms with E-state index in [9.17, 15) is 0 Å². The first kappa shape index (κ1) is 16.0. The van der Waals surface area contributed by atoms with E-state index in [4.69, 9.17) is 0 Å². The highest BCUT2D eigenvalue weighted by molar-refractivity contribution is 4.86. The van der Waals surface area contributed by atoms with Gasteiger partial charge in [0.15, 0.2) is 0 Å². The van der Waals surface area contributed by atoms with Crippen molar-refractivity contribution in [2.45, 2.75) is 60.4 Å². The van der Waals surface area contributed by atoms with Crippen molar-refractivity contribution in [3.63, 3.8) is 0 Å². The summed E-state index contributed by atoms with van der Waals surface area (Å²) in [4.78, 5) is 2.66. The first-order chi connectivity index (χ1) is 8.16. The van der Waals surface area contributed by atoms with Gasteiger partial charge in [0.2, 0.25) is 0 Å². The molecule has 0 aromatic carbocycles. The molecule has 1 atom stereocenters. The molecule has 108 valence electrons. The van der Waals surface area contributed by atoms with Gasteiger partial charge in [0.25, 0.3) is 0 Å². The average Bonchev–Trinajstić information content (AvgIpc) is 2.26. The predicted octanol–water partition coefficient (Wildman–Crippen LogP) is 3.38. The molecule has 0 amide bonds. The van der Waals surface area contributed by atoms with Crippen LogP contribution in [0.5, 0.6) is 0 Å². The monoisotopic (exact) mass is 254 g/mol. The second-order valence-corrected chi connectivity index (χ2v) is 7.92. The van der Waals surface area contributed by atoms with E-state index in [0.29, 0.717) is 16.9 Å². The molecule has 1 aliphatic heterocycles. The van der Waals surface area contributed by atoms with Gasteiger partial charge in [-0.1, -0.05) is 34.6 Å². The van der Waals surface area contributed by atoms with Gasteiger partial charge in [0.05, 0.1) is 0 Å². The van der Waals surface area contributed by atoms with Gasteiger partial charge in [0.1, 0.15) is 0 Å². The van der Waals surface area contributed by atoms with Gasteiger partial charge in [-0.2, -0.15) is 0 Å². The summed E-state index contributed by atoms with van der Waals surface area (Å²) in [7, 11) is 2.07. The summed E-state index contributed by atoms with van der Waals surface area (Å²) in [5.41, 5.74) is 0.837. The van der Waals surface area contributed by atoms with Crippen LogP contribution in [0.4, 0.5) is 0 Å². The van der Waals surface area contributed by atoms with Gasteiger partial charge in [-0.25, -0.2) is 0 Å². The molecule has 1 aliphatic rings. The van der Waals surface area contributed by atoms with E-state index in [1.807, 2.05) is 0 Å². The Labute approximate surface area is 115 Å². The summed E-state index contributed by atoms with van der Waals surface area (Å²) in [6, 6.07) is 0.567. The van der Waals surface area contributed by atoms with Crippen LogP contribution in [0.25, 0.3) is 0 Å². The van der Waals surface area contributed by atoms with Gasteiger partial charge in [-0.3, -0.25) is 0 Å². The smallest absolute Gasteiger partial charge is 0.00991 e. The Balaban J connectivity index is 2.45. The molecule has 0 aromatic rings. The highest BCUT2D eigenvalue weighted by Gasteiger charge is 2.32. The summed E-state index contributed by atoms with van der Waals surface area (Å²) < 4.78 is 0. The van der Waals surface area contributed by atoms with E-state index < -0.39 is 0 Å². The highest BCUT2D eigenvalue weighted by Crippen LogP contribution is 2.35. The minimum Gasteiger partial charge on any atom is -0.317 e. The molecule has 0 bridgehead atoms. The molecule has 0 radical (unpaired) electrons. The SMILES string of the molecule is CNC(C)C(C)(C)CN1CCC(C(C)(C)C)CC1. The second kappa shape index (κ2) is 5.92. The Kier molecular flexibility index (Phi) is 5.25. The van der Waals surface area contributed by atoms with Crippen LogP contribution in [-0.2, 0) is 0 Å². The summed E-state index contributed by atoms with van der Waals surface area (Å²) in [5.74, 6) is 0.901. The minimum absolute atomic E-state index is 0.351. The van der Waals surface area contributed by atoms with Crippen molar-refractivity contribution in [2.24, 2.45) is 16.7 Å². The van der Waals surface area contributed by atoms with Crippen LogP contribution in [0.3, 0.4) is 0 Å². The average molecular weight is 254 g/mol. The van der Waals surface area contributed by atoms with Crippen molar-refractivity contribution in [1.29, 1.82) is 0 Å². The normalized spacial score (nSPS) is 22.2. The first-order valence-corrected chi connectivity index (χ1v) is 7.56. The van der Waals surface area contributed by atoms with Crippen molar-refractivity contribution in [1.82, 2.24) is 10.2 Å². The Morgan fingerprint density at radius 3 is 2.00 bits per heavy atom. The topological polar surface area (TPSA) is 15.3 Å². The number of hydrogen-bond donors (Lipinski definition) is 1. The van der Waals surface area contributed by atoms with Gasteiger partial charge in [-0.15, -0.1) is 0 Å². The maximum absolute atomic E-state index is 3.40. The zero-order chi connectivity index (χ0) is 14.0. The largest absolute Gasteiger partial charge is 0.317 e. The number of hydrogen-bond acceptors (Lipinski definition) is 2. The van der Waals surface area contributed by atoms with Crippen molar-refractivity contribution in [3.8, 4) is 0 Å². The Hall–Kier alpha value is -0.0800. The number of nitrogens with zero attached hydrogens (tertiary/aromatic N) is 1. The molecule has 1 N–H and O–H groups in total. The molecule has 1 unspecified atom stereocenters. The summed E-state index contributed by atoms with van der Waals surface area (Å²) in [5, 5.41) is 3.40. The van der Waals surface area contributed by atoms with Crippen molar-refractivity contribution < 1.29 is 0 Å². The van der Waals surface area contributed by atoms with Crippen LogP contribution in [0, 0.1) is 16.7 Å². The summed E-state index contributed by atoms with van der Waals surface area (Å²) in [6.45, 7) is 18.0. The third-order valence-corrected chi connectivity index (χ3v) is 5.05. The van der Waals surface area contributed by atoms with E-state index in [2.05, 4.69) is 58.8 Å². The Morgan fingerprint density at radius 1 is 1.11 bits per heavy atom. The van der Waals surface area contributed by atoms with Crippen LogP contribution in [0.15, 0.2) is 0 Å². The molecule has 18 heavy (non-hydrogen) atoms. The lowest BCUT2D eigenvalue weighted by atomic mass is 9.75. The molecule has 1 heterocycles. The molecular weight excluding hydrogens is 220 g/mol. The van der Waals surface area contributed by atoms with E-state index >= 15 is 0 Å². The summed E-state index contributed by atoms with van der Waals surface area (Å²) >= 11 is 0. The third kappa shape index (κ3) is 4.24. The molecule has 0 saturated carbocycles. The molecule has 1 saturated heterocycles. The highest BCUT2D eigenvalue weighted by atomic mass is 15.1. The standard InChI is InChI=1S/C16H34N2/c1-13(17-7)16(5,6)12-18-10-8-14(9-11-18)15(2,3)4/h13-14,17H,8-12H2,1-7H3. The van der Waals surface area contributed by atoms with Gasteiger partial charge in [0, 0.05) is 12.6 Å². The molecule has 1 rings (SSSR count). The quantitative estimate of drug-likeness (QED) is 0.827. The number of piperidine rings is 1. The predicted molar refractivity (Wildman–Crippen MR) is 80.9 cm³/mol. The van der Waals surface area contributed by atoms with Crippen molar-refractivity contribution in [3.05, 3.63) is 0 Å². The maximum Gasteiger partial charge on any atom is 0.00991 e. The van der Waals surface area contributed by atoms with E-state index in [0.717, 1.165) is 5.92 Å². The lowest BCUT2D eigenvalue weighted by Gasteiger charge is -2.43. The maximum atomic E-state index is 3.40. The van der Waals surface area contributed by atoms with Crippen molar-refractivity contribution >= 4 is 0 Å². The van der Waals surface area contributed by atoms with Gasteiger partial charge in [-0.05, 0) is 56.7 Å². The van der Waals surface area contributed by atoms with Gasteiger partial charge < -0.3 is 10.2 Å². The fourth-order valence-corrected chi connectivity index (χ4v) is 3.06. The van der Waals surface area contributed by atoms with Crippen molar-refractivity contribution in [2.75, 3.05) is 26.7 Å². The lowest BCUT2D eigenvalue weighted by molar-refractivity contribution is 0.0745. The van der Waals surface area contributed by atoms with Crippen LogP contribution < -0.4 is 5.32 Å². The van der Waals surface area contributed by atoms with Crippen LogP contribution in [0.2, 0.25) is 0 Å². The zero-order valence-electron chi connectivity index (χ0n) is 13.6. The Morgan fingerprint density at radius 2 is 1.61 bits per heavy atom. The molecule has 2 heteroatoms.